The molecular weight excluding hydrogens is 431 g/mol. The number of fused-ring (bicyclic) bond motifs is 1. The standard InChI is InChI=1S/C15H16BrIN2O/c16-12-3-4-14-11(9-12)10-13(17)15(18-14)20-8-7-19-5-1-2-6-19/h3-4,9-10H,1-2,5-8H2. The van der Waals surface area contributed by atoms with Crippen LogP contribution in [0.3, 0.4) is 0 Å². The Hall–Kier alpha value is -0.400. The van der Waals surface area contributed by atoms with E-state index in [2.05, 4.69) is 60.5 Å². The van der Waals surface area contributed by atoms with Gasteiger partial charge in [0.25, 0.3) is 0 Å². The van der Waals surface area contributed by atoms with E-state index in [9.17, 15) is 0 Å². The van der Waals surface area contributed by atoms with Gasteiger partial charge < -0.3 is 4.74 Å². The zero-order valence-corrected chi connectivity index (χ0v) is 14.9. The van der Waals surface area contributed by atoms with Gasteiger partial charge in [-0.25, -0.2) is 4.98 Å². The molecule has 0 unspecified atom stereocenters. The quantitative estimate of drug-likeness (QED) is 0.661. The molecule has 3 rings (SSSR count). The van der Waals surface area contributed by atoms with Crippen molar-refractivity contribution in [1.82, 2.24) is 9.88 Å². The van der Waals surface area contributed by atoms with E-state index in [1.54, 1.807) is 0 Å². The van der Waals surface area contributed by atoms with Crippen molar-refractivity contribution in [1.29, 1.82) is 0 Å². The average molecular weight is 447 g/mol. The summed E-state index contributed by atoms with van der Waals surface area (Å²) in [5.74, 6) is 0.750. The number of hydrogen-bond acceptors (Lipinski definition) is 3. The number of halogens is 2. The van der Waals surface area contributed by atoms with Crippen molar-refractivity contribution in [2.75, 3.05) is 26.2 Å². The molecule has 1 saturated heterocycles. The first-order valence-electron chi connectivity index (χ1n) is 6.83. The van der Waals surface area contributed by atoms with E-state index < -0.39 is 0 Å². The van der Waals surface area contributed by atoms with Gasteiger partial charge in [0.2, 0.25) is 5.88 Å². The van der Waals surface area contributed by atoms with Crippen molar-refractivity contribution in [3.8, 4) is 5.88 Å². The molecule has 2 aromatic rings. The van der Waals surface area contributed by atoms with E-state index in [0.29, 0.717) is 6.61 Å². The lowest BCUT2D eigenvalue weighted by Crippen LogP contribution is -2.25. The number of nitrogens with zero attached hydrogens (tertiary/aromatic N) is 2. The van der Waals surface area contributed by atoms with E-state index in [0.717, 1.165) is 31.4 Å². The topological polar surface area (TPSA) is 25.4 Å². The summed E-state index contributed by atoms with van der Waals surface area (Å²) in [5.41, 5.74) is 0.977. The van der Waals surface area contributed by atoms with E-state index in [-0.39, 0.29) is 0 Å². The van der Waals surface area contributed by atoms with Gasteiger partial charge in [-0.3, -0.25) is 4.90 Å². The predicted octanol–water partition coefficient (Wildman–Crippen LogP) is 4.08. The molecule has 106 valence electrons. The molecule has 0 N–H and O–H groups in total. The van der Waals surface area contributed by atoms with E-state index in [4.69, 9.17) is 4.74 Å². The van der Waals surface area contributed by atoms with Crippen molar-refractivity contribution >= 4 is 49.4 Å². The van der Waals surface area contributed by atoms with Gasteiger partial charge >= 0.3 is 0 Å². The van der Waals surface area contributed by atoms with Gasteiger partial charge in [-0.15, -0.1) is 0 Å². The highest BCUT2D eigenvalue weighted by Gasteiger charge is 2.12. The SMILES string of the molecule is Brc1ccc2nc(OCCN3CCCC3)c(I)cc2c1. The summed E-state index contributed by atoms with van der Waals surface area (Å²) in [6, 6.07) is 8.23. The van der Waals surface area contributed by atoms with Gasteiger partial charge in [0.05, 0.1) is 9.09 Å². The minimum absolute atomic E-state index is 0.713. The maximum absolute atomic E-state index is 5.87. The van der Waals surface area contributed by atoms with E-state index >= 15 is 0 Å². The second-order valence-electron chi connectivity index (χ2n) is 5.01. The highest BCUT2D eigenvalue weighted by Crippen LogP contribution is 2.26. The molecular formula is C15H16BrIN2O. The molecule has 0 bridgehead atoms. The highest BCUT2D eigenvalue weighted by atomic mass is 127. The Kier molecular flexibility index (Phi) is 4.78. The Labute approximate surface area is 141 Å². The molecule has 1 aromatic carbocycles. The lowest BCUT2D eigenvalue weighted by molar-refractivity contribution is 0.231. The number of pyridine rings is 1. The molecule has 0 radical (unpaired) electrons. The van der Waals surface area contributed by atoms with E-state index in [1.807, 2.05) is 12.1 Å². The normalized spacial score (nSPS) is 15.9. The number of aromatic nitrogens is 1. The summed E-state index contributed by atoms with van der Waals surface area (Å²) in [6.07, 6.45) is 2.64. The van der Waals surface area contributed by atoms with Crippen molar-refractivity contribution in [2.24, 2.45) is 0 Å². The molecule has 0 saturated carbocycles. The molecule has 0 atom stereocenters. The summed E-state index contributed by atoms with van der Waals surface area (Å²) in [7, 11) is 0. The molecule has 5 heteroatoms. The number of likely N-dealkylation sites (tertiary alicyclic amines) is 1. The van der Waals surface area contributed by atoms with Crippen LogP contribution < -0.4 is 4.74 Å². The molecule has 1 fully saturated rings. The Bertz CT molecular complexity index is 614. The third-order valence-electron chi connectivity index (χ3n) is 3.54. The molecule has 2 heterocycles. The first kappa shape index (κ1) is 14.5. The lowest BCUT2D eigenvalue weighted by atomic mass is 10.2. The zero-order chi connectivity index (χ0) is 13.9. The van der Waals surface area contributed by atoms with Crippen LogP contribution in [0.25, 0.3) is 10.9 Å². The van der Waals surface area contributed by atoms with Crippen LogP contribution in [0, 0.1) is 3.57 Å². The molecule has 0 amide bonds. The first-order valence-corrected chi connectivity index (χ1v) is 8.70. The van der Waals surface area contributed by atoms with Crippen molar-refractivity contribution in [3.05, 3.63) is 32.3 Å². The van der Waals surface area contributed by atoms with Crippen molar-refractivity contribution in [3.63, 3.8) is 0 Å². The van der Waals surface area contributed by atoms with Crippen molar-refractivity contribution in [2.45, 2.75) is 12.8 Å². The second kappa shape index (κ2) is 6.58. The fourth-order valence-corrected chi connectivity index (χ4v) is 3.47. The summed E-state index contributed by atoms with van der Waals surface area (Å²) in [6.45, 7) is 4.13. The van der Waals surface area contributed by atoms with Gasteiger partial charge in [-0.2, -0.15) is 0 Å². The maximum Gasteiger partial charge on any atom is 0.227 e. The van der Waals surface area contributed by atoms with E-state index in [1.165, 1.54) is 25.9 Å². The summed E-state index contributed by atoms with van der Waals surface area (Å²) in [4.78, 5) is 7.06. The van der Waals surface area contributed by atoms with Crippen LogP contribution in [0.15, 0.2) is 28.7 Å². The molecule has 3 nitrogen and oxygen atoms in total. The van der Waals surface area contributed by atoms with Crippen LogP contribution in [0.5, 0.6) is 5.88 Å². The third kappa shape index (κ3) is 3.43. The van der Waals surface area contributed by atoms with Crippen LogP contribution in [-0.2, 0) is 0 Å². The number of benzene rings is 1. The summed E-state index contributed by atoms with van der Waals surface area (Å²) >= 11 is 5.78. The molecule has 1 aromatic heterocycles. The maximum atomic E-state index is 5.87. The summed E-state index contributed by atoms with van der Waals surface area (Å²) in [5, 5.41) is 1.13. The van der Waals surface area contributed by atoms with Gasteiger partial charge in [-0.05, 0) is 72.8 Å². The minimum atomic E-state index is 0.713. The van der Waals surface area contributed by atoms with Crippen LogP contribution >= 0.6 is 38.5 Å². The fraction of sp³-hybridized carbons (Fsp3) is 0.400. The van der Waals surface area contributed by atoms with Crippen LogP contribution in [0.2, 0.25) is 0 Å². The fourth-order valence-electron chi connectivity index (χ4n) is 2.48. The Morgan fingerprint density at radius 1 is 1.25 bits per heavy atom. The van der Waals surface area contributed by atoms with Gasteiger partial charge in [0.1, 0.15) is 6.61 Å². The Balaban J connectivity index is 1.70. The van der Waals surface area contributed by atoms with Crippen LogP contribution in [-0.4, -0.2) is 36.1 Å². The molecule has 1 aliphatic heterocycles. The number of rotatable bonds is 4. The molecule has 0 aliphatic carbocycles. The van der Waals surface area contributed by atoms with Gasteiger partial charge in [0, 0.05) is 16.4 Å². The predicted molar refractivity (Wildman–Crippen MR) is 93.3 cm³/mol. The number of ether oxygens (including phenoxy) is 1. The minimum Gasteiger partial charge on any atom is -0.476 e. The van der Waals surface area contributed by atoms with Crippen LogP contribution in [0.1, 0.15) is 12.8 Å². The summed E-state index contributed by atoms with van der Waals surface area (Å²) < 4.78 is 8.00. The van der Waals surface area contributed by atoms with Crippen LogP contribution in [0.4, 0.5) is 0 Å². The lowest BCUT2D eigenvalue weighted by Gasteiger charge is -2.15. The van der Waals surface area contributed by atoms with Gasteiger partial charge in [-0.1, -0.05) is 15.9 Å². The number of hydrogen-bond donors (Lipinski definition) is 0. The smallest absolute Gasteiger partial charge is 0.227 e. The molecule has 0 spiro atoms. The van der Waals surface area contributed by atoms with Crippen molar-refractivity contribution < 1.29 is 4.74 Å². The average Bonchev–Trinajstić information content (AvgIpc) is 2.93. The molecule has 20 heavy (non-hydrogen) atoms. The Morgan fingerprint density at radius 2 is 2.05 bits per heavy atom. The largest absolute Gasteiger partial charge is 0.476 e. The zero-order valence-electron chi connectivity index (χ0n) is 11.1. The highest BCUT2D eigenvalue weighted by molar-refractivity contribution is 14.1. The third-order valence-corrected chi connectivity index (χ3v) is 4.81. The first-order chi connectivity index (χ1) is 9.72. The van der Waals surface area contributed by atoms with Gasteiger partial charge in [0.15, 0.2) is 0 Å². The Morgan fingerprint density at radius 3 is 2.85 bits per heavy atom. The molecule has 1 aliphatic rings. The second-order valence-corrected chi connectivity index (χ2v) is 7.09. The monoisotopic (exact) mass is 446 g/mol.